The van der Waals surface area contributed by atoms with Gasteiger partial charge in [0.25, 0.3) is 5.91 Å². The maximum Gasteiger partial charge on any atom is 0.328 e. The molecule has 1 saturated heterocycles. The largest absolute Gasteiger partial charge is 0.493 e. The first-order valence-electron chi connectivity index (χ1n) is 11.7. The molecular formula is C28H29N3O5. The van der Waals surface area contributed by atoms with Crippen LogP contribution in [-0.4, -0.2) is 55.0 Å². The van der Waals surface area contributed by atoms with Gasteiger partial charge in [-0.2, -0.15) is 0 Å². The number of rotatable bonds is 10. The molecule has 186 valence electrons. The van der Waals surface area contributed by atoms with Crippen molar-refractivity contribution in [2.75, 3.05) is 27.3 Å². The molecule has 3 aromatic rings. The van der Waals surface area contributed by atoms with E-state index in [1.807, 2.05) is 78.9 Å². The molecule has 4 amide bonds. The Labute approximate surface area is 210 Å². The van der Waals surface area contributed by atoms with Crippen LogP contribution in [-0.2, 0) is 22.6 Å². The third kappa shape index (κ3) is 5.49. The van der Waals surface area contributed by atoms with Crippen molar-refractivity contribution in [3.05, 3.63) is 95.6 Å². The average Bonchev–Trinajstić information content (AvgIpc) is 3.13. The van der Waals surface area contributed by atoms with Gasteiger partial charge in [0.15, 0.2) is 11.5 Å². The Kier molecular flexibility index (Phi) is 7.85. The average molecular weight is 488 g/mol. The lowest BCUT2D eigenvalue weighted by Gasteiger charge is -2.22. The molecule has 1 fully saturated rings. The first kappa shape index (κ1) is 24.8. The van der Waals surface area contributed by atoms with Gasteiger partial charge in [0, 0.05) is 13.1 Å². The van der Waals surface area contributed by atoms with Crippen molar-refractivity contribution < 1.29 is 23.9 Å². The van der Waals surface area contributed by atoms with E-state index in [1.54, 1.807) is 14.2 Å². The van der Waals surface area contributed by atoms with E-state index in [4.69, 9.17) is 9.47 Å². The number of hydrogen-bond acceptors (Lipinski definition) is 5. The molecule has 0 aliphatic carbocycles. The van der Waals surface area contributed by atoms with Gasteiger partial charge in [-0.25, -0.2) is 4.79 Å². The Morgan fingerprint density at radius 2 is 1.53 bits per heavy atom. The second kappa shape index (κ2) is 11.4. The Morgan fingerprint density at radius 1 is 0.861 bits per heavy atom. The summed E-state index contributed by atoms with van der Waals surface area (Å²) in [6.07, 6.45) is 0.556. The number of ether oxygens (including phenoxy) is 2. The van der Waals surface area contributed by atoms with E-state index in [-0.39, 0.29) is 13.1 Å². The number of amides is 4. The Balaban J connectivity index is 1.42. The van der Waals surface area contributed by atoms with Crippen molar-refractivity contribution in [2.45, 2.75) is 19.0 Å². The molecule has 1 unspecified atom stereocenters. The van der Waals surface area contributed by atoms with Gasteiger partial charge in [-0.15, -0.1) is 0 Å². The van der Waals surface area contributed by atoms with Crippen LogP contribution in [0.1, 0.15) is 22.7 Å². The number of hydrogen-bond donors (Lipinski definition) is 1. The molecule has 8 nitrogen and oxygen atoms in total. The Bertz CT molecular complexity index is 1220. The lowest BCUT2D eigenvalue weighted by atomic mass is 10.1. The molecule has 36 heavy (non-hydrogen) atoms. The van der Waals surface area contributed by atoms with Crippen LogP contribution in [0.5, 0.6) is 11.5 Å². The van der Waals surface area contributed by atoms with Crippen LogP contribution in [0.25, 0.3) is 0 Å². The summed E-state index contributed by atoms with van der Waals surface area (Å²) in [7, 11) is 3.14. The molecule has 8 heteroatoms. The lowest BCUT2D eigenvalue weighted by Crippen LogP contribution is -2.41. The molecule has 0 bridgehead atoms. The normalized spacial score (nSPS) is 15.2. The van der Waals surface area contributed by atoms with E-state index < -0.39 is 23.9 Å². The summed E-state index contributed by atoms with van der Waals surface area (Å²) in [5.41, 5.74) is 2.57. The SMILES string of the molecule is COc1ccc(CCNC(=O)CN2C(=O)C(c3ccccc3)N(Cc3ccccc3)C2=O)cc1OC. The minimum Gasteiger partial charge on any atom is -0.493 e. The highest BCUT2D eigenvalue weighted by Gasteiger charge is 2.46. The lowest BCUT2D eigenvalue weighted by molar-refractivity contribution is -0.132. The van der Waals surface area contributed by atoms with Gasteiger partial charge in [0.1, 0.15) is 12.6 Å². The fourth-order valence-corrected chi connectivity index (χ4v) is 4.27. The quantitative estimate of drug-likeness (QED) is 0.442. The van der Waals surface area contributed by atoms with Crippen molar-refractivity contribution in [1.82, 2.24) is 15.1 Å². The first-order valence-corrected chi connectivity index (χ1v) is 11.7. The van der Waals surface area contributed by atoms with Gasteiger partial charge in [0.2, 0.25) is 5.91 Å². The number of methoxy groups -OCH3 is 2. The van der Waals surface area contributed by atoms with E-state index in [0.29, 0.717) is 30.0 Å². The van der Waals surface area contributed by atoms with Crippen molar-refractivity contribution >= 4 is 17.8 Å². The van der Waals surface area contributed by atoms with Crippen LogP contribution >= 0.6 is 0 Å². The highest BCUT2D eigenvalue weighted by molar-refractivity contribution is 6.06. The third-order valence-corrected chi connectivity index (χ3v) is 6.08. The zero-order valence-electron chi connectivity index (χ0n) is 20.3. The standard InChI is InChI=1S/C28H29N3O5/c1-35-23-14-13-20(17-24(23)36-2)15-16-29-25(32)19-31-27(33)26(22-11-7-4-8-12-22)30(28(31)34)18-21-9-5-3-6-10-21/h3-14,17,26H,15-16,18-19H2,1-2H3,(H,29,32). The first-order chi connectivity index (χ1) is 17.5. The maximum absolute atomic E-state index is 13.3. The maximum atomic E-state index is 13.3. The number of carbonyl (C=O) groups excluding carboxylic acids is 3. The molecular weight excluding hydrogens is 458 g/mol. The summed E-state index contributed by atoms with van der Waals surface area (Å²) >= 11 is 0. The number of carbonyl (C=O) groups is 3. The zero-order valence-corrected chi connectivity index (χ0v) is 20.3. The number of nitrogens with one attached hydrogen (secondary N) is 1. The summed E-state index contributed by atoms with van der Waals surface area (Å²) in [4.78, 5) is 41.9. The summed E-state index contributed by atoms with van der Waals surface area (Å²) in [5.74, 6) is 0.437. The Morgan fingerprint density at radius 3 is 2.19 bits per heavy atom. The number of urea groups is 1. The smallest absolute Gasteiger partial charge is 0.328 e. The van der Waals surface area contributed by atoms with Gasteiger partial charge in [-0.05, 0) is 35.2 Å². The molecule has 0 aromatic heterocycles. The summed E-state index contributed by atoms with van der Waals surface area (Å²) < 4.78 is 10.6. The van der Waals surface area contributed by atoms with E-state index in [0.717, 1.165) is 16.0 Å². The molecule has 1 N–H and O–H groups in total. The monoisotopic (exact) mass is 487 g/mol. The second-order valence-electron chi connectivity index (χ2n) is 8.42. The van der Waals surface area contributed by atoms with Crippen molar-refractivity contribution in [3.63, 3.8) is 0 Å². The minimum atomic E-state index is -0.779. The highest BCUT2D eigenvalue weighted by atomic mass is 16.5. The van der Waals surface area contributed by atoms with Gasteiger partial charge in [0.05, 0.1) is 14.2 Å². The molecule has 1 aliphatic rings. The van der Waals surface area contributed by atoms with Crippen LogP contribution < -0.4 is 14.8 Å². The van der Waals surface area contributed by atoms with E-state index in [9.17, 15) is 14.4 Å². The Hall–Kier alpha value is -4.33. The van der Waals surface area contributed by atoms with Crippen LogP contribution in [0.4, 0.5) is 4.79 Å². The van der Waals surface area contributed by atoms with Crippen LogP contribution in [0.3, 0.4) is 0 Å². The van der Waals surface area contributed by atoms with Crippen LogP contribution in [0.15, 0.2) is 78.9 Å². The molecule has 4 rings (SSSR count). The number of benzene rings is 3. The van der Waals surface area contributed by atoms with E-state index >= 15 is 0 Å². The highest BCUT2D eigenvalue weighted by Crippen LogP contribution is 2.32. The fourth-order valence-electron chi connectivity index (χ4n) is 4.27. The molecule has 1 atom stereocenters. The predicted molar refractivity (Wildman–Crippen MR) is 135 cm³/mol. The molecule has 1 aliphatic heterocycles. The summed E-state index contributed by atoms with van der Waals surface area (Å²) in [6, 6.07) is 22.9. The molecule has 3 aromatic carbocycles. The minimum absolute atomic E-state index is 0.266. The van der Waals surface area contributed by atoms with Gasteiger partial charge in [-0.3, -0.25) is 14.5 Å². The van der Waals surface area contributed by atoms with Crippen molar-refractivity contribution in [2.24, 2.45) is 0 Å². The molecule has 1 heterocycles. The number of imide groups is 1. The summed E-state index contributed by atoms with van der Waals surface area (Å²) in [6.45, 7) is 0.279. The van der Waals surface area contributed by atoms with Gasteiger partial charge in [-0.1, -0.05) is 66.7 Å². The fraction of sp³-hybridized carbons (Fsp3) is 0.250. The molecule has 0 saturated carbocycles. The van der Waals surface area contributed by atoms with Gasteiger partial charge >= 0.3 is 6.03 Å². The van der Waals surface area contributed by atoms with Gasteiger partial charge < -0.3 is 19.7 Å². The summed E-state index contributed by atoms with van der Waals surface area (Å²) in [5, 5.41) is 2.81. The van der Waals surface area contributed by atoms with Crippen LogP contribution in [0, 0.1) is 0 Å². The van der Waals surface area contributed by atoms with E-state index in [1.165, 1.54) is 4.90 Å². The van der Waals surface area contributed by atoms with Crippen molar-refractivity contribution in [1.29, 1.82) is 0 Å². The molecule has 0 radical (unpaired) electrons. The van der Waals surface area contributed by atoms with Crippen LogP contribution in [0.2, 0.25) is 0 Å². The predicted octanol–water partition coefficient (Wildman–Crippen LogP) is 3.57. The zero-order chi connectivity index (χ0) is 25.5. The third-order valence-electron chi connectivity index (χ3n) is 6.08. The second-order valence-corrected chi connectivity index (χ2v) is 8.42. The number of nitrogens with zero attached hydrogens (tertiary/aromatic N) is 2. The topological polar surface area (TPSA) is 88.2 Å². The van der Waals surface area contributed by atoms with Crippen molar-refractivity contribution in [3.8, 4) is 11.5 Å². The van der Waals surface area contributed by atoms with E-state index in [2.05, 4.69) is 5.32 Å². The molecule has 0 spiro atoms.